The molecule has 0 aromatic heterocycles. The summed E-state index contributed by atoms with van der Waals surface area (Å²) in [5.41, 5.74) is 0.641. The minimum absolute atomic E-state index is 0.0358. The fourth-order valence-electron chi connectivity index (χ4n) is 2.59. The third-order valence-corrected chi connectivity index (χ3v) is 4.13. The smallest absolute Gasteiger partial charge is 0.260 e. The molecule has 0 unspecified atom stereocenters. The van der Waals surface area contributed by atoms with Gasteiger partial charge in [0.1, 0.15) is 5.75 Å². The number of hydrogen-bond acceptors (Lipinski definition) is 4. The first-order valence-corrected chi connectivity index (χ1v) is 8.17. The molecule has 0 bridgehead atoms. The number of hydrogen-bond donors (Lipinski definition) is 1. The van der Waals surface area contributed by atoms with Crippen molar-refractivity contribution in [2.24, 2.45) is 5.92 Å². The highest BCUT2D eigenvalue weighted by atomic mass is 19.1. The van der Waals surface area contributed by atoms with Crippen molar-refractivity contribution in [2.45, 2.75) is 0 Å². The summed E-state index contributed by atoms with van der Waals surface area (Å²) in [6.07, 6.45) is 0. The van der Waals surface area contributed by atoms with Gasteiger partial charge in [0.2, 0.25) is 5.91 Å². The molecule has 2 amide bonds. The zero-order valence-corrected chi connectivity index (χ0v) is 14.3. The lowest BCUT2D eigenvalue weighted by atomic mass is 9.99. The van der Waals surface area contributed by atoms with Gasteiger partial charge in [0.15, 0.2) is 18.2 Å². The molecule has 2 aromatic rings. The number of anilines is 1. The topological polar surface area (TPSA) is 67.9 Å². The molecular formula is C19H19FN2O4. The maximum Gasteiger partial charge on any atom is 0.260 e. The molecular weight excluding hydrogens is 339 g/mol. The number of ether oxygens (including phenoxy) is 2. The molecule has 6 nitrogen and oxygen atoms in total. The summed E-state index contributed by atoms with van der Waals surface area (Å²) in [4.78, 5) is 25.8. The zero-order chi connectivity index (χ0) is 18.5. The van der Waals surface area contributed by atoms with E-state index in [4.69, 9.17) is 9.47 Å². The molecule has 0 saturated carbocycles. The number of nitrogens with zero attached hydrogens (tertiary/aromatic N) is 1. The summed E-state index contributed by atoms with van der Waals surface area (Å²) in [6.45, 7) is 0.371. The largest absolute Gasteiger partial charge is 0.497 e. The lowest BCUT2D eigenvalue weighted by Crippen LogP contribution is -2.55. The molecule has 0 atom stereocenters. The van der Waals surface area contributed by atoms with Crippen LogP contribution in [0, 0.1) is 11.7 Å². The quantitative estimate of drug-likeness (QED) is 0.861. The Morgan fingerprint density at radius 3 is 2.69 bits per heavy atom. The number of halogens is 1. The summed E-state index contributed by atoms with van der Waals surface area (Å²) >= 11 is 0. The second-order valence-corrected chi connectivity index (χ2v) is 5.94. The Labute approximate surface area is 150 Å². The van der Waals surface area contributed by atoms with Crippen LogP contribution in [0.4, 0.5) is 10.1 Å². The van der Waals surface area contributed by atoms with Gasteiger partial charge < -0.3 is 19.7 Å². The Morgan fingerprint density at radius 1 is 1.19 bits per heavy atom. The van der Waals surface area contributed by atoms with Crippen molar-refractivity contribution < 1.29 is 23.5 Å². The van der Waals surface area contributed by atoms with Crippen LogP contribution in [-0.4, -0.2) is 43.5 Å². The van der Waals surface area contributed by atoms with E-state index in [0.29, 0.717) is 24.5 Å². The van der Waals surface area contributed by atoms with Crippen LogP contribution < -0.4 is 14.8 Å². The molecule has 1 aliphatic heterocycles. The molecule has 1 aliphatic rings. The second-order valence-electron chi connectivity index (χ2n) is 5.94. The van der Waals surface area contributed by atoms with Crippen LogP contribution in [0.15, 0.2) is 48.5 Å². The van der Waals surface area contributed by atoms with Crippen molar-refractivity contribution in [3.63, 3.8) is 0 Å². The van der Waals surface area contributed by atoms with E-state index < -0.39 is 5.82 Å². The number of nitrogens with one attached hydrogen (secondary N) is 1. The summed E-state index contributed by atoms with van der Waals surface area (Å²) in [5, 5.41) is 2.81. The van der Waals surface area contributed by atoms with Gasteiger partial charge in [0, 0.05) is 24.8 Å². The van der Waals surface area contributed by atoms with Gasteiger partial charge in [0.25, 0.3) is 5.91 Å². The number of amides is 2. The van der Waals surface area contributed by atoms with Gasteiger partial charge in [0.05, 0.1) is 13.0 Å². The van der Waals surface area contributed by atoms with E-state index in [-0.39, 0.29) is 30.1 Å². The van der Waals surface area contributed by atoms with E-state index in [1.54, 1.807) is 43.5 Å². The monoisotopic (exact) mass is 358 g/mol. The first-order valence-electron chi connectivity index (χ1n) is 8.17. The van der Waals surface area contributed by atoms with Gasteiger partial charge in [-0.25, -0.2) is 4.39 Å². The summed E-state index contributed by atoms with van der Waals surface area (Å²) in [7, 11) is 1.56. The molecule has 0 aliphatic carbocycles. The Morgan fingerprint density at radius 2 is 1.96 bits per heavy atom. The van der Waals surface area contributed by atoms with Gasteiger partial charge in [-0.05, 0) is 24.3 Å². The van der Waals surface area contributed by atoms with Gasteiger partial charge in [-0.15, -0.1) is 0 Å². The maximum absolute atomic E-state index is 13.5. The van der Waals surface area contributed by atoms with Crippen LogP contribution in [-0.2, 0) is 9.59 Å². The van der Waals surface area contributed by atoms with E-state index in [2.05, 4.69) is 5.32 Å². The van der Waals surface area contributed by atoms with Crippen molar-refractivity contribution in [2.75, 3.05) is 32.1 Å². The van der Waals surface area contributed by atoms with Crippen LogP contribution in [0.2, 0.25) is 0 Å². The highest BCUT2D eigenvalue weighted by Gasteiger charge is 2.35. The number of methoxy groups -OCH3 is 1. The van der Waals surface area contributed by atoms with Crippen molar-refractivity contribution in [3.05, 3.63) is 54.3 Å². The van der Waals surface area contributed by atoms with Crippen molar-refractivity contribution in [1.29, 1.82) is 0 Å². The zero-order valence-electron chi connectivity index (χ0n) is 14.3. The van der Waals surface area contributed by atoms with E-state index in [9.17, 15) is 14.0 Å². The van der Waals surface area contributed by atoms with Crippen LogP contribution in [0.3, 0.4) is 0 Å². The summed E-state index contributed by atoms with van der Waals surface area (Å²) < 4.78 is 23.8. The predicted molar refractivity (Wildman–Crippen MR) is 93.6 cm³/mol. The minimum atomic E-state index is -0.514. The number of likely N-dealkylation sites (tertiary alicyclic amines) is 1. The lowest BCUT2D eigenvalue weighted by molar-refractivity contribution is -0.143. The lowest BCUT2D eigenvalue weighted by Gasteiger charge is -2.38. The third kappa shape index (κ3) is 4.11. The maximum atomic E-state index is 13.5. The fraction of sp³-hybridized carbons (Fsp3) is 0.263. The molecule has 7 heteroatoms. The van der Waals surface area contributed by atoms with Gasteiger partial charge >= 0.3 is 0 Å². The molecule has 0 radical (unpaired) electrons. The van der Waals surface area contributed by atoms with Crippen LogP contribution >= 0.6 is 0 Å². The Hall–Kier alpha value is -3.09. The van der Waals surface area contributed by atoms with Crippen molar-refractivity contribution in [1.82, 2.24) is 4.90 Å². The average Bonchev–Trinajstić information content (AvgIpc) is 2.60. The second kappa shape index (κ2) is 7.86. The van der Waals surface area contributed by atoms with E-state index in [1.165, 1.54) is 17.0 Å². The molecule has 1 fully saturated rings. The number of carbonyl (C=O) groups excluding carboxylic acids is 2. The van der Waals surface area contributed by atoms with Crippen LogP contribution in [0.1, 0.15) is 0 Å². The normalized spacial score (nSPS) is 13.7. The Balaban J connectivity index is 1.45. The standard InChI is InChI=1S/C19H19FN2O4/c1-25-15-6-4-5-14(9-15)21-19(24)13-10-22(11-13)18(23)12-26-17-8-3-2-7-16(17)20/h2-9,13H,10-12H2,1H3,(H,21,24). The number of para-hydroxylation sites is 1. The Bertz CT molecular complexity index is 806. The minimum Gasteiger partial charge on any atom is -0.497 e. The van der Waals surface area contributed by atoms with Gasteiger partial charge in [-0.1, -0.05) is 18.2 Å². The summed E-state index contributed by atoms with van der Waals surface area (Å²) in [6, 6.07) is 13.0. The first kappa shape index (κ1) is 17.7. The fourth-order valence-corrected chi connectivity index (χ4v) is 2.59. The number of carbonyl (C=O) groups is 2. The SMILES string of the molecule is COc1cccc(NC(=O)C2CN(C(=O)COc3ccccc3F)C2)c1. The molecule has 3 rings (SSSR count). The Kier molecular flexibility index (Phi) is 5.36. The van der Waals surface area contributed by atoms with Gasteiger partial charge in [-0.3, -0.25) is 9.59 Å². The van der Waals surface area contributed by atoms with E-state index in [0.717, 1.165) is 0 Å². The highest BCUT2D eigenvalue weighted by Crippen LogP contribution is 2.21. The molecule has 2 aromatic carbocycles. The molecule has 0 spiro atoms. The highest BCUT2D eigenvalue weighted by molar-refractivity contribution is 5.95. The van der Waals surface area contributed by atoms with Crippen LogP contribution in [0.5, 0.6) is 11.5 Å². The molecule has 1 heterocycles. The van der Waals surface area contributed by atoms with E-state index in [1.807, 2.05) is 0 Å². The molecule has 1 N–H and O–H groups in total. The van der Waals surface area contributed by atoms with Crippen molar-refractivity contribution >= 4 is 17.5 Å². The molecule has 1 saturated heterocycles. The molecule has 26 heavy (non-hydrogen) atoms. The summed E-state index contributed by atoms with van der Waals surface area (Å²) in [5.74, 6) is -0.540. The number of benzene rings is 2. The van der Waals surface area contributed by atoms with Crippen molar-refractivity contribution in [3.8, 4) is 11.5 Å². The molecule has 136 valence electrons. The van der Waals surface area contributed by atoms with Crippen LogP contribution in [0.25, 0.3) is 0 Å². The van der Waals surface area contributed by atoms with E-state index >= 15 is 0 Å². The third-order valence-electron chi connectivity index (χ3n) is 4.13. The number of rotatable bonds is 6. The predicted octanol–water partition coefficient (Wildman–Crippen LogP) is 2.31. The average molecular weight is 358 g/mol. The first-order chi connectivity index (χ1) is 12.6. The van der Waals surface area contributed by atoms with Gasteiger partial charge in [-0.2, -0.15) is 0 Å².